The molecule has 0 saturated heterocycles. The highest BCUT2D eigenvalue weighted by Gasteiger charge is 2.31. The van der Waals surface area contributed by atoms with Gasteiger partial charge in [0.1, 0.15) is 0 Å². The Hall–Kier alpha value is -1.49. The van der Waals surface area contributed by atoms with E-state index >= 15 is 0 Å². The molecule has 130 valence electrons. The van der Waals surface area contributed by atoms with E-state index < -0.39 is 20.0 Å². The van der Waals surface area contributed by atoms with Crippen molar-refractivity contribution in [3.8, 4) is 0 Å². The Kier molecular flexibility index (Phi) is 7.16. The molecule has 0 unspecified atom stereocenters. The molecule has 0 aromatic heterocycles. The molecule has 0 fully saturated rings. The summed E-state index contributed by atoms with van der Waals surface area (Å²) >= 11 is 0. The fourth-order valence-corrected chi connectivity index (χ4v) is 3.24. The monoisotopic (exact) mass is 350 g/mol. The number of hydrogen-bond donors (Lipinski definition) is 1. The van der Waals surface area contributed by atoms with Crippen molar-refractivity contribution in [3.63, 3.8) is 0 Å². The number of benzene rings is 2. The smallest absolute Gasteiger partial charge is 0.391 e. The lowest BCUT2D eigenvalue weighted by Gasteiger charge is -2.23. The first-order valence-corrected chi connectivity index (χ1v) is 9.28. The van der Waals surface area contributed by atoms with Gasteiger partial charge in [-0.15, -0.1) is 0 Å². The van der Waals surface area contributed by atoms with Gasteiger partial charge in [-0.25, -0.2) is 4.57 Å². The molecule has 0 radical (unpaired) electrons. The van der Waals surface area contributed by atoms with Gasteiger partial charge >= 0.3 is 7.82 Å². The lowest BCUT2D eigenvalue weighted by molar-refractivity contribution is 0.0154. The molecule has 1 N–H and O–H groups in total. The van der Waals surface area contributed by atoms with E-state index in [-0.39, 0.29) is 13.2 Å². The highest BCUT2D eigenvalue weighted by atomic mass is 31.2. The van der Waals surface area contributed by atoms with Crippen LogP contribution in [-0.4, -0.2) is 17.3 Å². The van der Waals surface area contributed by atoms with Gasteiger partial charge in [-0.05, 0) is 25.0 Å². The van der Waals surface area contributed by atoms with Crippen molar-refractivity contribution in [2.24, 2.45) is 0 Å². The number of phosphoric acid groups is 1. The van der Waals surface area contributed by atoms with Crippen molar-refractivity contribution in [3.05, 3.63) is 71.8 Å². The summed E-state index contributed by atoms with van der Waals surface area (Å²) in [6.45, 7) is 3.37. The number of hydrogen-bond acceptors (Lipinski definition) is 5. The van der Waals surface area contributed by atoms with Gasteiger partial charge in [0.05, 0.1) is 25.4 Å². The van der Waals surface area contributed by atoms with Gasteiger partial charge in [-0.3, -0.25) is 13.6 Å². The third kappa shape index (κ3) is 6.19. The normalized spacial score (nSPS) is 14.3. The summed E-state index contributed by atoms with van der Waals surface area (Å²) in [5.74, 6) is 0. The Labute approximate surface area is 142 Å². The van der Waals surface area contributed by atoms with Crippen LogP contribution in [0.3, 0.4) is 0 Å². The maximum atomic E-state index is 12.9. The van der Waals surface area contributed by atoms with Crippen molar-refractivity contribution >= 4 is 7.82 Å². The Morgan fingerprint density at radius 2 is 1.29 bits per heavy atom. The van der Waals surface area contributed by atoms with Gasteiger partial charge in [-0.1, -0.05) is 60.7 Å². The van der Waals surface area contributed by atoms with Crippen LogP contribution in [0.1, 0.15) is 25.0 Å². The second-order valence-corrected chi connectivity index (χ2v) is 7.14. The van der Waals surface area contributed by atoms with Crippen molar-refractivity contribution in [2.45, 2.75) is 39.3 Å². The van der Waals surface area contributed by atoms with Crippen LogP contribution in [-0.2, 0) is 31.4 Å². The second-order valence-electron chi connectivity index (χ2n) is 5.52. The quantitative estimate of drug-likeness (QED) is 0.683. The van der Waals surface area contributed by atoms with E-state index in [0.29, 0.717) is 0 Å². The number of phosphoric ester groups is 1. The van der Waals surface area contributed by atoms with E-state index in [0.717, 1.165) is 11.1 Å². The van der Waals surface area contributed by atoms with Crippen LogP contribution in [0.5, 0.6) is 0 Å². The summed E-state index contributed by atoms with van der Waals surface area (Å²) in [5.41, 5.74) is 1.71. The predicted molar refractivity (Wildman–Crippen MR) is 92.3 cm³/mol. The van der Waals surface area contributed by atoms with Crippen LogP contribution in [0.2, 0.25) is 0 Å². The van der Waals surface area contributed by atoms with Gasteiger partial charge < -0.3 is 5.11 Å². The van der Waals surface area contributed by atoms with Gasteiger partial charge in [0.15, 0.2) is 0 Å². The molecule has 2 rings (SSSR count). The van der Waals surface area contributed by atoms with E-state index in [2.05, 4.69) is 0 Å². The van der Waals surface area contributed by atoms with Gasteiger partial charge in [0, 0.05) is 0 Å². The minimum absolute atomic E-state index is 0.0967. The van der Waals surface area contributed by atoms with Crippen LogP contribution < -0.4 is 0 Å². The molecule has 6 heteroatoms. The Balaban J connectivity index is 2.03. The van der Waals surface area contributed by atoms with Crippen molar-refractivity contribution in [1.29, 1.82) is 0 Å². The zero-order chi connectivity index (χ0) is 17.4. The minimum Gasteiger partial charge on any atom is -0.391 e. The largest absolute Gasteiger partial charge is 0.475 e. The van der Waals surface area contributed by atoms with Crippen LogP contribution >= 0.6 is 7.82 Å². The van der Waals surface area contributed by atoms with E-state index in [9.17, 15) is 9.67 Å². The topological polar surface area (TPSA) is 65.0 Å². The Bertz CT molecular complexity index is 597. The molecule has 0 saturated carbocycles. The molecule has 0 bridgehead atoms. The SMILES string of the molecule is C[C@H](O)[C@@H](C)OP(=O)(OCc1ccccc1)OCc1ccccc1. The maximum absolute atomic E-state index is 12.9. The molecule has 2 atom stereocenters. The first-order valence-electron chi connectivity index (χ1n) is 7.82. The van der Waals surface area contributed by atoms with Gasteiger partial charge in [0.25, 0.3) is 0 Å². The highest BCUT2D eigenvalue weighted by Crippen LogP contribution is 2.52. The number of rotatable bonds is 9. The first-order chi connectivity index (χ1) is 11.5. The molecule has 0 aliphatic carbocycles. The standard InChI is InChI=1S/C18H23O5P/c1-15(19)16(2)23-24(20,21-13-17-9-5-3-6-10-17)22-14-18-11-7-4-8-12-18/h3-12,15-16,19H,13-14H2,1-2H3/t15-,16+/m0/s1. The van der Waals surface area contributed by atoms with Crippen molar-refractivity contribution in [2.75, 3.05) is 0 Å². The van der Waals surface area contributed by atoms with Crippen LogP contribution in [0.15, 0.2) is 60.7 Å². The molecule has 2 aromatic carbocycles. The summed E-state index contributed by atoms with van der Waals surface area (Å²) in [4.78, 5) is 0. The average molecular weight is 350 g/mol. The highest BCUT2D eigenvalue weighted by molar-refractivity contribution is 7.48. The third-order valence-electron chi connectivity index (χ3n) is 3.44. The summed E-state index contributed by atoms with van der Waals surface area (Å²) in [6.07, 6.45) is -1.47. The van der Waals surface area contributed by atoms with Gasteiger partial charge in [-0.2, -0.15) is 0 Å². The molecule has 2 aromatic rings. The molecular formula is C18H23O5P. The van der Waals surface area contributed by atoms with E-state index in [1.54, 1.807) is 13.8 Å². The average Bonchev–Trinajstić information content (AvgIpc) is 2.60. The zero-order valence-corrected chi connectivity index (χ0v) is 14.8. The van der Waals surface area contributed by atoms with Gasteiger partial charge in [0.2, 0.25) is 0 Å². The molecule has 5 nitrogen and oxygen atoms in total. The summed E-state index contributed by atoms with van der Waals surface area (Å²) in [7, 11) is -3.82. The Morgan fingerprint density at radius 3 is 1.67 bits per heavy atom. The molecule has 24 heavy (non-hydrogen) atoms. The fraction of sp³-hybridized carbons (Fsp3) is 0.333. The minimum atomic E-state index is -3.82. The molecule has 0 amide bonds. The summed E-state index contributed by atoms with van der Waals surface area (Å²) in [5, 5.41) is 9.60. The van der Waals surface area contributed by atoms with E-state index in [4.69, 9.17) is 13.6 Å². The molecule has 0 aliphatic rings. The molecular weight excluding hydrogens is 327 g/mol. The van der Waals surface area contributed by atoms with Crippen molar-refractivity contribution in [1.82, 2.24) is 0 Å². The lowest BCUT2D eigenvalue weighted by atomic mass is 10.2. The van der Waals surface area contributed by atoms with Crippen molar-refractivity contribution < 1.29 is 23.2 Å². The molecule has 0 aliphatic heterocycles. The molecule has 0 heterocycles. The summed E-state index contributed by atoms with van der Waals surface area (Å²) < 4.78 is 29.2. The van der Waals surface area contributed by atoms with E-state index in [1.807, 2.05) is 60.7 Å². The number of aliphatic hydroxyl groups excluding tert-OH is 1. The van der Waals surface area contributed by atoms with Crippen LogP contribution in [0, 0.1) is 0 Å². The second kappa shape index (κ2) is 9.11. The Morgan fingerprint density at radius 1 is 0.875 bits per heavy atom. The lowest BCUT2D eigenvalue weighted by Crippen LogP contribution is -2.22. The predicted octanol–water partition coefficient (Wildman–Crippen LogP) is 4.31. The number of aliphatic hydroxyl groups is 1. The summed E-state index contributed by atoms with van der Waals surface area (Å²) in [6, 6.07) is 18.7. The maximum Gasteiger partial charge on any atom is 0.475 e. The third-order valence-corrected chi connectivity index (χ3v) is 4.92. The fourth-order valence-electron chi connectivity index (χ4n) is 1.85. The van der Waals surface area contributed by atoms with Crippen LogP contribution in [0.4, 0.5) is 0 Å². The molecule has 0 spiro atoms. The van der Waals surface area contributed by atoms with Crippen LogP contribution in [0.25, 0.3) is 0 Å². The van der Waals surface area contributed by atoms with E-state index in [1.165, 1.54) is 0 Å². The first kappa shape index (κ1) is 18.8. The zero-order valence-electron chi connectivity index (χ0n) is 13.9.